The maximum absolute atomic E-state index is 6.60. The van der Waals surface area contributed by atoms with E-state index in [0.29, 0.717) is 0 Å². The van der Waals surface area contributed by atoms with Crippen LogP contribution in [0.25, 0.3) is 0 Å². The molecule has 3 aliphatic heterocycles. The summed E-state index contributed by atoms with van der Waals surface area (Å²) in [6.07, 6.45) is 2.92. The van der Waals surface area contributed by atoms with Crippen molar-refractivity contribution in [3.63, 3.8) is 0 Å². The van der Waals surface area contributed by atoms with Crippen molar-refractivity contribution < 1.29 is 4.74 Å². The van der Waals surface area contributed by atoms with E-state index in [0.717, 1.165) is 38.1 Å². The fraction of sp³-hybridized carbons (Fsp3) is 0.381. The predicted molar refractivity (Wildman–Crippen MR) is 98.7 cm³/mol. The third kappa shape index (κ3) is 2.35. The third-order valence-corrected chi connectivity index (χ3v) is 5.78. The molecule has 0 aliphatic carbocycles. The molecule has 128 valence electrons. The number of rotatable bonds is 1. The second-order valence-corrected chi connectivity index (χ2v) is 7.37. The summed E-state index contributed by atoms with van der Waals surface area (Å²) in [6.45, 7) is 2.09. The van der Waals surface area contributed by atoms with Gasteiger partial charge in [-0.25, -0.2) is 5.01 Å². The Morgan fingerprint density at radius 1 is 1.00 bits per heavy atom. The Kier molecular flexibility index (Phi) is 3.35. The van der Waals surface area contributed by atoms with E-state index in [1.807, 2.05) is 0 Å². The first kappa shape index (κ1) is 15.0. The zero-order valence-corrected chi connectivity index (χ0v) is 14.6. The number of hydrogen-bond acceptors (Lipinski definition) is 4. The minimum atomic E-state index is -0.304. The normalized spacial score (nSPS) is 24.4. The van der Waals surface area contributed by atoms with Gasteiger partial charge in [-0.05, 0) is 18.7 Å². The van der Waals surface area contributed by atoms with Gasteiger partial charge in [0.25, 0.3) is 0 Å². The molecule has 0 saturated carbocycles. The third-order valence-electron chi connectivity index (χ3n) is 5.78. The van der Waals surface area contributed by atoms with Crippen LogP contribution >= 0.6 is 0 Å². The molecule has 2 aromatic carbocycles. The van der Waals surface area contributed by atoms with Gasteiger partial charge in [0.15, 0.2) is 0 Å². The molecule has 0 radical (unpaired) electrons. The fourth-order valence-electron chi connectivity index (χ4n) is 4.33. The van der Waals surface area contributed by atoms with E-state index >= 15 is 0 Å². The van der Waals surface area contributed by atoms with Crippen molar-refractivity contribution in [1.82, 2.24) is 9.91 Å². The second-order valence-electron chi connectivity index (χ2n) is 7.37. The van der Waals surface area contributed by atoms with E-state index in [1.165, 1.54) is 16.8 Å². The number of nitrogens with zero attached hydrogens (tertiary/aromatic N) is 3. The van der Waals surface area contributed by atoms with Crippen molar-refractivity contribution in [2.45, 2.75) is 31.0 Å². The summed E-state index contributed by atoms with van der Waals surface area (Å²) in [4.78, 5) is 2.38. The molecule has 5 rings (SSSR count). The SMILES string of the molecule is CN1CCC2(CC1)Oc1ccccc1[C@H]1CC(c3ccccc3)=NN12. The Balaban J connectivity index is 1.59. The van der Waals surface area contributed by atoms with Gasteiger partial charge in [0.2, 0.25) is 5.72 Å². The molecule has 1 spiro atoms. The molecular weight excluding hydrogens is 310 g/mol. The molecule has 1 saturated heterocycles. The Morgan fingerprint density at radius 2 is 1.72 bits per heavy atom. The first-order valence-corrected chi connectivity index (χ1v) is 9.14. The van der Waals surface area contributed by atoms with Crippen molar-refractivity contribution in [2.75, 3.05) is 20.1 Å². The number of para-hydroxylation sites is 1. The van der Waals surface area contributed by atoms with E-state index < -0.39 is 0 Å². The molecule has 2 aromatic rings. The maximum atomic E-state index is 6.60. The summed E-state index contributed by atoms with van der Waals surface area (Å²) in [5.74, 6) is 1.04. The van der Waals surface area contributed by atoms with Gasteiger partial charge >= 0.3 is 0 Å². The molecule has 3 heterocycles. The predicted octanol–water partition coefficient (Wildman–Crippen LogP) is 3.65. The van der Waals surface area contributed by atoms with Crippen LogP contribution in [0, 0.1) is 0 Å². The molecule has 1 atom stereocenters. The molecule has 4 heteroatoms. The molecule has 0 N–H and O–H groups in total. The molecule has 1 fully saturated rings. The van der Waals surface area contributed by atoms with Gasteiger partial charge in [-0.15, -0.1) is 0 Å². The smallest absolute Gasteiger partial charge is 0.200 e. The number of hydrogen-bond donors (Lipinski definition) is 0. The summed E-state index contributed by atoms with van der Waals surface area (Å²) >= 11 is 0. The lowest BCUT2D eigenvalue weighted by atomic mass is 9.91. The number of fused-ring (bicyclic) bond motifs is 4. The van der Waals surface area contributed by atoms with Crippen LogP contribution in [0.2, 0.25) is 0 Å². The Bertz CT molecular complexity index is 809. The largest absolute Gasteiger partial charge is 0.466 e. The van der Waals surface area contributed by atoms with Crippen molar-refractivity contribution in [2.24, 2.45) is 5.10 Å². The monoisotopic (exact) mass is 333 g/mol. The Labute approximate surface area is 148 Å². The quantitative estimate of drug-likeness (QED) is 0.797. The van der Waals surface area contributed by atoms with Crippen LogP contribution in [-0.2, 0) is 0 Å². The van der Waals surface area contributed by atoms with Crippen LogP contribution in [0.1, 0.15) is 36.4 Å². The Hall–Kier alpha value is -2.33. The molecule has 25 heavy (non-hydrogen) atoms. The van der Waals surface area contributed by atoms with E-state index in [1.54, 1.807) is 0 Å². The van der Waals surface area contributed by atoms with Crippen LogP contribution in [-0.4, -0.2) is 41.5 Å². The fourth-order valence-corrected chi connectivity index (χ4v) is 4.33. The highest BCUT2D eigenvalue weighted by Gasteiger charge is 2.51. The van der Waals surface area contributed by atoms with Gasteiger partial charge in [0.05, 0.1) is 11.8 Å². The number of piperidine rings is 1. The zero-order valence-electron chi connectivity index (χ0n) is 14.6. The maximum Gasteiger partial charge on any atom is 0.200 e. The topological polar surface area (TPSA) is 28.1 Å². The Morgan fingerprint density at radius 3 is 2.52 bits per heavy atom. The number of hydrazone groups is 1. The number of benzene rings is 2. The summed E-state index contributed by atoms with van der Waals surface area (Å²) < 4.78 is 6.60. The molecule has 4 nitrogen and oxygen atoms in total. The molecule has 0 bridgehead atoms. The zero-order chi connectivity index (χ0) is 16.9. The highest BCUT2D eigenvalue weighted by Crippen LogP contribution is 2.49. The van der Waals surface area contributed by atoms with Gasteiger partial charge in [-0.1, -0.05) is 48.5 Å². The van der Waals surface area contributed by atoms with E-state index in [9.17, 15) is 0 Å². The number of ether oxygens (including phenoxy) is 1. The van der Waals surface area contributed by atoms with Crippen molar-refractivity contribution in [3.8, 4) is 5.75 Å². The first-order chi connectivity index (χ1) is 12.3. The molecule has 3 aliphatic rings. The lowest BCUT2D eigenvalue weighted by Crippen LogP contribution is -2.58. The highest BCUT2D eigenvalue weighted by atomic mass is 16.5. The minimum Gasteiger partial charge on any atom is -0.466 e. The molecule has 0 aromatic heterocycles. The van der Waals surface area contributed by atoms with Gasteiger partial charge in [-0.3, -0.25) is 0 Å². The van der Waals surface area contributed by atoms with Crippen LogP contribution in [0.15, 0.2) is 59.7 Å². The summed E-state index contributed by atoms with van der Waals surface area (Å²) in [6, 6.07) is 19.3. The summed E-state index contributed by atoms with van der Waals surface area (Å²) in [7, 11) is 2.18. The van der Waals surface area contributed by atoms with Gasteiger partial charge in [-0.2, -0.15) is 5.10 Å². The number of likely N-dealkylation sites (tertiary alicyclic amines) is 1. The van der Waals surface area contributed by atoms with Crippen LogP contribution in [0.5, 0.6) is 5.75 Å². The lowest BCUT2D eigenvalue weighted by Gasteiger charge is -2.50. The lowest BCUT2D eigenvalue weighted by molar-refractivity contribution is -0.147. The summed E-state index contributed by atoms with van der Waals surface area (Å²) in [5.41, 5.74) is 3.35. The standard InChI is InChI=1S/C21H23N3O/c1-23-13-11-21(12-14-23)24-19(17-9-5-6-10-20(17)25-21)15-18(22-24)16-7-3-2-4-8-16/h2-10,19H,11-15H2,1H3/t19-/m1/s1. The minimum absolute atomic E-state index is 0.281. The van der Waals surface area contributed by atoms with E-state index in [-0.39, 0.29) is 11.8 Å². The molecule has 0 amide bonds. The van der Waals surface area contributed by atoms with Crippen LogP contribution in [0.3, 0.4) is 0 Å². The second kappa shape index (κ2) is 5.60. The van der Waals surface area contributed by atoms with Crippen molar-refractivity contribution >= 4 is 5.71 Å². The van der Waals surface area contributed by atoms with Crippen molar-refractivity contribution in [1.29, 1.82) is 0 Å². The van der Waals surface area contributed by atoms with E-state index in [4.69, 9.17) is 9.84 Å². The highest BCUT2D eigenvalue weighted by molar-refractivity contribution is 6.01. The summed E-state index contributed by atoms with van der Waals surface area (Å²) in [5, 5.41) is 7.37. The van der Waals surface area contributed by atoms with Crippen LogP contribution in [0.4, 0.5) is 0 Å². The van der Waals surface area contributed by atoms with Crippen LogP contribution < -0.4 is 4.74 Å². The molecular formula is C21H23N3O. The van der Waals surface area contributed by atoms with Crippen molar-refractivity contribution in [3.05, 3.63) is 65.7 Å². The van der Waals surface area contributed by atoms with Gasteiger partial charge in [0, 0.05) is 37.9 Å². The van der Waals surface area contributed by atoms with Gasteiger partial charge in [0.1, 0.15) is 5.75 Å². The average Bonchev–Trinajstić information content (AvgIpc) is 3.12. The average molecular weight is 333 g/mol. The molecule has 0 unspecified atom stereocenters. The first-order valence-electron chi connectivity index (χ1n) is 9.14. The van der Waals surface area contributed by atoms with Gasteiger partial charge < -0.3 is 9.64 Å². The van der Waals surface area contributed by atoms with E-state index in [2.05, 4.69) is 71.6 Å².